The summed E-state index contributed by atoms with van der Waals surface area (Å²) in [6.45, 7) is 0.938. The molecular formula is C13H17NO3. The van der Waals surface area contributed by atoms with E-state index in [1.54, 1.807) is 7.11 Å². The maximum absolute atomic E-state index is 10.1. The van der Waals surface area contributed by atoms with Gasteiger partial charge in [-0.1, -0.05) is 18.2 Å². The lowest BCUT2D eigenvalue weighted by Crippen LogP contribution is -2.28. The first kappa shape index (κ1) is 11.9. The van der Waals surface area contributed by atoms with E-state index in [2.05, 4.69) is 11.4 Å². The van der Waals surface area contributed by atoms with E-state index in [1.165, 1.54) is 5.56 Å². The summed E-state index contributed by atoms with van der Waals surface area (Å²) in [7, 11) is 1.68. The zero-order valence-corrected chi connectivity index (χ0v) is 9.89. The van der Waals surface area contributed by atoms with Crippen LogP contribution in [0.15, 0.2) is 24.3 Å². The number of methoxy groups -OCH3 is 1. The monoisotopic (exact) mass is 235 g/mol. The molecule has 4 nitrogen and oxygen atoms in total. The molecule has 0 bridgehead atoms. The maximum Gasteiger partial charge on any atom is 0.293 e. The van der Waals surface area contributed by atoms with E-state index in [9.17, 15) is 4.79 Å². The minimum Gasteiger partial charge on any atom is -0.496 e. The number of rotatable bonds is 5. The molecule has 0 radical (unpaired) electrons. The molecule has 2 atom stereocenters. The van der Waals surface area contributed by atoms with E-state index in [0.29, 0.717) is 13.1 Å². The summed E-state index contributed by atoms with van der Waals surface area (Å²) >= 11 is 0. The van der Waals surface area contributed by atoms with Gasteiger partial charge in [0.15, 0.2) is 0 Å². The van der Waals surface area contributed by atoms with Crippen molar-refractivity contribution in [1.29, 1.82) is 0 Å². The molecule has 0 saturated carbocycles. The van der Waals surface area contributed by atoms with Gasteiger partial charge in [-0.05, 0) is 18.9 Å². The van der Waals surface area contributed by atoms with E-state index in [1.807, 2.05) is 18.2 Å². The third-order valence-electron chi connectivity index (χ3n) is 3.12. The number of carbonyl (C=O) groups excluding carboxylic acids is 1. The van der Waals surface area contributed by atoms with E-state index >= 15 is 0 Å². The molecule has 1 aliphatic rings. The van der Waals surface area contributed by atoms with Crippen molar-refractivity contribution < 1.29 is 14.3 Å². The van der Waals surface area contributed by atoms with Gasteiger partial charge < -0.3 is 14.8 Å². The van der Waals surface area contributed by atoms with Gasteiger partial charge in [-0.25, -0.2) is 0 Å². The number of benzene rings is 1. The molecule has 0 aliphatic carbocycles. The number of para-hydroxylation sites is 1. The van der Waals surface area contributed by atoms with Crippen LogP contribution in [-0.4, -0.2) is 26.2 Å². The fourth-order valence-electron chi connectivity index (χ4n) is 2.31. The highest BCUT2D eigenvalue weighted by Crippen LogP contribution is 2.32. The van der Waals surface area contributed by atoms with Gasteiger partial charge in [0.1, 0.15) is 12.4 Å². The van der Waals surface area contributed by atoms with Crippen molar-refractivity contribution in [2.45, 2.75) is 24.9 Å². The quantitative estimate of drug-likeness (QED) is 0.788. The van der Waals surface area contributed by atoms with Crippen LogP contribution in [0.5, 0.6) is 5.75 Å². The Morgan fingerprint density at radius 2 is 2.24 bits per heavy atom. The van der Waals surface area contributed by atoms with Crippen molar-refractivity contribution in [3.63, 3.8) is 0 Å². The lowest BCUT2D eigenvalue weighted by atomic mass is 10.0. The molecule has 2 unspecified atom stereocenters. The van der Waals surface area contributed by atoms with E-state index in [4.69, 9.17) is 9.47 Å². The van der Waals surface area contributed by atoms with Gasteiger partial charge in [-0.2, -0.15) is 0 Å². The summed E-state index contributed by atoms with van der Waals surface area (Å²) in [6, 6.07) is 8.53. The van der Waals surface area contributed by atoms with Crippen LogP contribution in [0.3, 0.4) is 0 Å². The van der Waals surface area contributed by atoms with Gasteiger partial charge in [0.05, 0.1) is 7.11 Å². The van der Waals surface area contributed by atoms with Crippen molar-refractivity contribution in [2.24, 2.45) is 0 Å². The first-order valence-corrected chi connectivity index (χ1v) is 5.79. The Bertz CT molecular complexity index is 381. The van der Waals surface area contributed by atoms with Crippen LogP contribution >= 0.6 is 0 Å². The predicted octanol–water partition coefficient (Wildman–Crippen LogP) is 1.66. The van der Waals surface area contributed by atoms with Crippen LogP contribution in [0.1, 0.15) is 24.4 Å². The molecule has 1 N–H and O–H groups in total. The molecule has 1 heterocycles. The van der Waals surface area contributed by atoms with Crippen LogP contribution in [0.4, 0.5) is 0 Å². The lowest BCUT2D eigenvalue weighted by molar-refractivity contribution is -0.129. The molecule has 92 valence electrons. The van der Waals surface area contributed by atoms with Crippen molar-refractivity contribution in [3.8, 4) is 5.75 Å². The first-order valence-electron chi connectivity index (χ1n) is 5.79. The Balaban J connectivity index is 2.02. The average Bonchev–Trinajstić information content (AvgIpc) is 2.85. The molecule has 0 amide bonds. The summed E-state index contributed by atoms with van der Waals surface area (Å²) in [5.74, 6) is 0.905. The summed E-state index contributed by atoms with van der Waals surface area (Å²) in [5, 5.41) is 3.45. The minimum absolute atomic E-state index is 0.245. The standard InChI is InChI=1S/C13H17NO3/c1-16-13-5-3-2-4-11(13)12-7-6-10(14-12)8-17-9-15/h2-5,9-10,12,14H,6-8H2,1H3. The molecule has 1 aliphatic heterocycles. The summed E-state index contributed by atoms with van der Waals surface area (Å²) in [4.78, 5) is 10.1. The van der Waals surface area contributed by atoms with Crippen molar-refractivity contribution >= 4 is 6.47 Å². The highest BCUT2D eigenvalue weighted by atomic mass is 16.5. The minimum atomic E-state index is 0.245. The van der Waals surface area contributed by atoms with Crippen LogP contribution in [0, 0.1) is 0 Å². The molecule has 0 aromatic heterocycles. The van der Waals surface area contributed by atoms with Crippen molar-refractivity contribution in [1.82, 2.24) is 5.32 Å². The van der Waals surface area contributed by atoms with Gasteiger partial charge >= 0.3 is 0 Å². The van der Waals surface area contributed by atoms with Crippen LogP contribution in [0.25, 0.3) is 0 Å². The average molecular weight is 235 g/mol. The second-order valence-electron chi connectivity index (χ2n) is 4.17. The van der Waals surface area contributed by atoms with Gasteiger partial charge in [-0.15, -0.1) is 0 Å². The highest BCUT2D eigenvalue weighted by Gasteiger charge is 2.26. The normalized spacial score (nSPS) is 23.4. The van der Waals surface area contributed by atoms with Gasteiger partial charge in [0, 0.05) is 17.6 Å². The van der Waals surface area contributed by atoms with Gasteiger partial charge in [0.25, 0.3) is 6.47 Å². The molecule has 1 saturated heterocycles. The van der Waals surface area contributed by atoms with Gasteiger partial charge in [-0.3, -0.25) is 4.79 Å². The van der Waals surface area contributed by atoms with Crippen LogP contribution in [-0.2, 0) is 9.53 Å². The molecular weight excluding hydrogens is 218 g/mol. The van der Waals surface area contributed by atoms with E-state index in [-0.39, 0.29) is 12.1 Å². The molecule has 4 heteroatoms. The van der Waals surface area contributed by atoms with Crippen LogP contribution < -0.4 is 10.1 Å². The maximum atomic E-state index is 10.1. The Morgan fingerprint density at radius 3 is 3.00 bits per heavy atom. The Morgan fingerprint density at radius 1 is 1.41 bits per heavy atom. The Kier molecular flexibility index (Phi) is 3.98. The third-order valence-corrected chi connectivity index (χ3v) is 3.12. The highest BCUT2D eigenvalue weighted by molar-refractivity contribution is 5.37. The Labute approximate surface area is 101 Å². The largest absolute Gasteiger partial charge is 0.496 e. The first-order chi connectivity index (χ1) is 8.35. The summed E-state index contributed by atoms with van der Waals surface area (Å²) in [6.07, 6.45) is 2.05. The predicted molar refractivity (Wildman–Crippen MR) is 63.9 cm³/mol. The van der Waals surface area contributed by atoms with Gasteiger partial charge in [0.2, 0.25) is 0 Å². The molecule has 0 spiro atoms. The third kappa shape index (κ3) is 2.77. The number of ether oxygens (including phenoxy) is 2. The number of hydrogen-bond donors (Lipinski definition) is 1. The lowest BCUT2D eigenvalue weighted by Gasteiger charge is -2.16. The molecule has 1 aromatic carbocycles. The molecule has 2 rings (SSSR count). The fraction of sp³-hybridized carbons (Fsp3) is 0.462. The molecule has 1 aromatic rings. The number of nitrogens with one attached hydrogen (secondary N) is 1. The topological polar surface area (TPSA) is 47.6 Å². The van der Waals surface area contributed by atoms with Crippen molar-refractivity contribution in [2.75, 3.05) is 13.7 Å². The Hall–Kier alpha value is -1.55. The zero-order chi connectivity index (χ0) is 12.1. The van der Waals surface area contributed by atoms with E-state index < -0.39 is 0 Å². The fourth-order valence-corrected chi connectivity index (χ4v) is 2.31. The second-order valence-corrected chi connectivity index (χ2v) is 4.17. The summed E-state index contributed by atoms with van der Waals surface area (Å²) < 4.78 is 10.1. The molecule has 17 heavy (non-hydrogen) atoms. The smallest absolute Gasteiger partial charge is 0.293 e. The van der Waals surface area contributed by atoms with Crippen molar-refractivity contribution in [3.05, 3.63) is 29.8 Å². The molecule has 1 fully saturated rings. The zero-order valence-electron chi connectivity index (χ0n) is 9.89. The number of carbonyl (C=O) groups is 1. The van der Waals surface area contributed by atoms with Crippen LogP contribution in [0.2, 0.25) is 0 Å². The van der Waals surface area contributed by atoms with E-state index in [0.717, 1.165) is 18.6 Å². The summed E-state index contributed by atoms with van der Waals surface area (Å²) in [5.41, 5.74) is 1.17. The SMILES string of the molecule is COc1ccccc1C1CCC(COC=O)N1. The second kappa shape index (κ2) is 5.68. The number of hydrogen-bond acceptors (Lipinski definition) is 4.